The summed E-state index contributed by atoms with van der Waals surface area (Å²) in [7, 11) is 0. The molecule has 0 saturated heterocycles. The molecule has 0 saturated carbocycles. The fourth-order valence-electron chi connectivity index (χ4n) is 8.69. The third kappa shape index (κ3) is 10.0. The van der Waals surface area contributed by atoms with Gasteiger partial charge in [0.25, 0.3) is 0 Å². The number of aromatic amines is 2. The summed E-state index contributed by atoms with van der Waals surface area (Å²) in [6.07, 6.45) is 30.6. The van der Waals surface area contributed by atoms with E-state index in [9.17, 15) is 0 Å². The first-order chi connectivity index (χ1) is 33.5. The molecule has 8 heteroatoms. The highest BCUT2D eigenvalue weighted by molar-refractivity contribution is 5.99. The van der Waals surface area contributed by atoms with Crippen molar-refractivity contribution in [1.82, 2.24) is 41.2 Å². The van der Waals surface area contributed by atoms with Crippen molar-refractivity contribution in [3.63, 3.8) is 0 Å². The van der Waals surface area contributed by atoms with Crippen molar-refractivity contribution >= 4 is 46.4 Å². The molecule has 0 radical (unpaired) electrons. The fourth-order valence-corrected chi connectivity index (χ4v) is 8.69. The van der Waals surface area contributed by atoms with Crippen molar-refractivity contribution in [3.8, 4) is 93.9 Å². The van der Waals surface area contributed by atoms with Crippen LogP contribution in [0, 0.1) is 49.4 Å². The number of nitrogens with zero attached hydrogens (tertiary/aromatic N) is 2. The van der Waals surface area contributed by atoms with Gasteiger partial charge in [0.1, 0.15) is 0 Å². The van der Waals surface area contributed by atoms with Gasteiger partial charge in [-0.15, -0.1) is 25.7 Å². The summed E-state index contributed by atoms with van der Waals surface area (Å²) < 4.78 is 0. The summed E-state index contributed by atoms with van der Waals surface area (Å²) in [5, 5.41) is 13.2. The van der Waals surface area contributed by atoms with Gasteiger partial charge in [0.15, 0.2) is 0 Å². The molecular weight excluding hydrogens is 833 g/mol. The van der Waals surface area contributed by atoms with E-state index in [1.807, 2.05) is 0 Å². The van der Waals surface area contributed by atoms with Crippen LogP contribution in [0.25, 0.3) is 90.9 Å². The van der Waals surface area contributed by atoms with E-state index in [1.165, 1.54) is 0 Å². The molecular formula is C60H50N8. The first kappa shape index (κ1) is 44.7. The number of aromatic nitrogens is 4. The zero-order valence-corrected chi connectivity index (χ0v) is 37.7. The molecule has 68 heavy (non-hydrogen) atoms. The molecule has 8 nitrogen and oxygen atoms in total. The lowest BCUT2D eigenvalue weighted by Gasteiger charge is -2.09. The van der Waals surface area contributed by atoms with Crippen LogP contribution in [0.2, 0.25) is 0 Å². The smallest absolute Gasteiger partial charge is 0.0737 e. The topological polar surface area (TPSA) is 105 Å². The molecule has 0 aliphatic carbocycles. The maximum atomic E-state index is 5.53. The van der Waals surface area contributed by atoms with Gasteiger partial charge >= 0.3 is 0 Å². The largest absolute Gasteiger partial charge is 0.354 e. The normalized spacial score (nSPS) is 11.5. The monoisotopic (exact) mass is 882 g/mol. The van der Waals surface area contributed by atoms with Crippen LogP contribution in [0.4, 0.5) is 0 Å². The van der Waals surface area contributed by atoms with E-state index in [4.69, 9.17) is 35.7 Å². The Morgan fingerprint density at radius 2 is 0.544 bits per heavy atom. The van der Waals surface area contributed by atoms with Crippen molar-refractivity contribution in [2.24, 2.45) is 0 Å². The van der Waals surface area contributed by atoms with E-state index in [-0.39, 0.29) is 0 Å². The molecule has 6 N–H and O–H groups in total. The van der Waals surface area contributed by atoms with Crippen LogP contribution in [0.3, 0.4) is 0 Å². The van der Waals surface area contributed by atoms with E-state index >= 15 is 0 Å². The van der Waals surface area contributed by atoms with Crippen molar-refractivity contribution < 1.29 is 0 Å². The zero-order chi connectivity index (χ0) is 46.7. The van der Waals surface area contributed by atoms with Gasteiger partial charge in [-0.2, -0.15) is 0 Å². The maximum absolute atomic E-state index is 5.53. The number of H-pyrrole nitrogens is 2. The van der Waals surface area contributed by atoms with Crippen LogP contribution in [0.15, 0.2) is 121 Å². The Morgan fingerprint density at radius 1 is 0.324 bits per heavy atom. The SMILES string of the molecule is C#CCNCc1ccc(-c2c3nc(c(-c4ccc(CNCC#C)cc4)c4ccc([nH]4)c(-c4ccc(CNCC#C)cc4)c4nc(c(-c5ccc(CNCC#C)cc5)c5ccc2[nH]5)C=C4)C=C3)cc1. The van der Waals surface area contributed by atoms with E-state index in [2.05, 4.69) is 201 Å². The van der Waals surface area contributed by atoms with Crippen molar-refractivity contribution in [1.29, 1.82) is 0 Å². The summed E-state index contributed by atoms with van der Waals surface area (Å²) >= 11 is 0. The standard InChI is InChI=1S/C60H50N8/c1-5-33-61-37-41-9-17-45(18-10-41)57-49-25-27-51(65-49)58(46-19-11-42(12-20-46)38-62-34-6-2)53-29-31-55(67-53)60(48-23-15-44(16-24-48)40-64-36-8-4)56-32-30-54(68-56)59(52-28-26-50(57)66-52)47-21-13-43(14-22-47)39-63-35-7-3/h1-4,9-32,61-65,68H,33-40H2. The van der Waals surface area contributed by atoms with Crippen molar-refractivity contribution in [2.45, 2.75) is 26.2 Å². The Morgan fingerprint density at radius 3 is 0.750 bits per heavy atom. The minimum Gasteiger partial charge on any atom is -0.354 e. The number of nitrogens with one attached hydrogen (secondary N) is 6. The molecule has 5 heterocycles. The second-order valence-electron chi connectivity index (χ2n) is 16.5. The summed E-state index contributed by atoms with van der Waals surface area (Å²) in [4.78, 5) is 18.7. The van der Waals surface area contributed by atoms with Gasteiger partial charge in [0.2, 0.25) is 0 Å². The molecule has 0 spiro atoms. The third-order valence-corrected chi connectivity index (χ3v) is 11.9. The highest BCUT2D eigenvalue weighted by atomic mass is 14.9. The summed E-state index contributed by atoms with van der Waals surface area (Å²) in [6, 6.07) is 43.0. The molecule has 2 aliphatic rings. The van der Waals surface area contributed by atoms with Crippen LogP contribution >= 0.6 is 0 Å². The van der Waals surface area contributed by atoms with Gasteiger partial charge < -0.3 is 31.2 Å². The molecule has 0 amide bonds. The summed E-state index contributed by atoms with van der Waals surface area (Å²) in [5.41, 5.74) is 19.5. The van der Waals surface area contributed by atoms with Gasteiger partial charge in [-0.05, 0) is 93.1 Å². The highest BCUT2D eigenvalue weighted by Gasteiger charge is 2.19. The van der Waals surface area contributed by atoms with E-state index in [1.54, 1.807) is 0 Å². The van der Waals surface area contributed by atoms with Crippen LogP contribution < -0.4 is 21.3 Å². The maximum Gasteiger partial charge on any atom is 0.0737 e. The number of fused-ring (bicyclic) bond motifs is 8. The fraction of sp³-hybridized carbons (Fsp3) is 0.133. The molecule has 0 unspecified atom stereocenters. The predicted octanol–water partition coefficient (Wildman–Crippen LogP) is 10.2. The van der Waals surface area contributed by atoms with Gasteiger partial charge in [-0.1, -0.05) is 121 Å². The Bertz CT molecular complexity index is 2910. The van der Waals surface area contributed by atoms with Gasteiger partial charge in [0.05, 0.1) is 49.0 Å². The molecule has 0 atom stereocenters. The molecule has 330 valence electrons. The quantitative estimate of drug-likeness (QED) is 0.0427. The van der Waals surface area contributed by atoms with E-state index in [0.717, 1.165) is 112 Å². The Kier molecular flexibility index (Phi) is 14.0. The van der Waals surface area contributed by atoms with Crippen LogP contribution in [0.1, 0.15) is 45.0 Å². The van der Waals surface area contributed by atoms with E-state index < -0.39 is 0 Å². The minimum absolute atomic E-state index is 0.500. The molecule has 9 rings (SSSR count). The Balaban J connectivity index is 1.32. The number of benzene rings is 4. The Hall–Kier alpha value is -8.44. The van der Waals surface area contributed by atoms with Crippen molar-refractivity contribution in [2.75, 3.05) is 26.2 Å². The molecule has 4 aromatic carbocycles. The average molecular weight is 883 g/mol. The number of hydrogen-bond donors (Lipinski definition) is 6. The number of rotatable bonds is 16. The molecule has 2 aliphatic heterocycles. The second-order valence-corrected chi connectivity index (χ2v) is 16.5. The predicted molar refractivity (Wildman–Crippen MR) is 283 cm³/mol. The average Bonchev–Trinajstić information content (AvgIpc) is 4.23. The molecule has 0 fully saturated rings. The lowest BCUT2D eigenvalue weighted by atomic mass is 10.0. The number of hydrogen-bond acceptors (Lipinski definition) is 6. The van der Waals surface area contributed by atoms with Gasteiger partial charge in [0, 0.05) is 70.5 Å². The molecule has 3 aromatic heterocycles. The first-order valence-corrected chi connectivity index (χ1v) is 22.6. The molecule has 7 aromatic rings. The Labute approximate surface area is 398 Å². The van der Waals surface area contributed by atoms with Crippen molar-refractivity contribution in [3.05, 3.63) is 166 Å². The third-order valence-electron chi connectivity index (χ3n) is 11.9. The molecule has 8 bridgehead atoms. The highest BCUT2D eigenvalue weighted by Crippen LogP contribution is 2.38. The van der Waals surface area contributed by atoms with Gasteiger partial charge in [-0.3, -0.25) is 0 Å². The zero-order valence-electron chi connectivity index (χ0n) is 37.7. The van der Waals surface area contributed by atoms with Crippen LogP contribution in [0.5, 0.6) is 0 Å². The minimum atomic E-state index is 0.500. The lowest BCUT2D eigenvalue weighted by molar-refractivity contribution is 0.770. The summed E-state index contributed by atoms with van der Waals surface area (Å²) in [5.74, 6) is 10.7. The summed E-state index contributed by atoms with van der Waals surface area (Å²) in [6.45, 7) is 4.67. The first-order valence-electron chi connectivity index (χ1n) is 22.6. The van der Waals surface area contributed by atoms with Gasteiger partial charge in [-0.25, -0.2) is 9.97 Å². The van der Waals surface area contributed by atoms with Crippen LogP contribution in [-0.2, 0) is 26.2 Å². The van der Waals surface area contributed by atoms with Crippen LogP contribution in [-0.4, -0.2) is 46.1 Å². The number of terminal acetylenes is 4. The lowest BCUT2D eigenvalue weighted by Crippen LogP contribution is -2.12. The van der Waals surface area contributed by atoms with E-state index in [0.29, 0.717) is 52.4 Å². The second kappa shape index (κ2) is 21.2.